The number of pyridine rings is 1. The summed E-state index contributed by atoms with van der Waals surface area (Å²) in [5.41, 5.74) is -0.762. The van der Waals surface area contributed by atoms with Gasteiger partial charge in [0.1, 0.15) is 0 Å². The van der Waals surface area contributed by atoms with E-state index in [1.54, 1.807) is 0 Å². The van der Waals surface area contributed by atoms with Crippen LogP contribution in [0.25, 0.3) is 5.82 Å². The van der Waals surface area contributed by atoms with E-state index in [0.29, 0.717) is 12.2 Å². The van der Waals surface area contributed by atoms with Gasteiger partial charge in [-0.15, -0.1) is 29.9 Å². The maximum Gasteiger partial charge on any atom is 0.417 e. The number of carbonyl (C=O) groups excluding carboxylic acids is 1. The van der Waals surface area contributed by atoms with Gasteiger partial charge in [-0.1, -0.05) is 5.21 Å². The van der Waals surface area contributed by atoms with Gasteiger partial charge in [0, 0.05) is 18.3 Å². The van der Waals surface area contributed by atoms with Gasteiger partial charge in [-0.2, -0.15) is 13.2 Å². The van der Waals surface area contributed by atoms with E-state index < -0.39 is 11.7 Å². The van der Waals surface area contributed by atoms with E-state index in [-0.39, 0.29) is 48.3 Å². The molecule has 0 saturated carbocycles. The summed E-state index contributed by atoms with van der Waals surface area (Å²) in [7, 11) is 0. The molecule has 1 amide bonds. The highest BCUT2D eigenvalue weighted by Gasteiger charge is 2.30. The van der Waals surface area contributed by atoms with Crippen LogP contribution in [0.1, 0.15) is 35.8 Å². The van der Waals surface area contributed by atoms with Crippen LogP contribution in [0.5, 0.6) is 0 Å². The molecule has 3 heterocycles. The molecule has 0 radical (unpaired) electrons. The van der Waals surface area contributed by atoms with E-state index in [1.165, 1.54) is 16.9 Å². The van der Waals surface area contributed by atoms with Crippen LogP contribution in [0.2, 0.25) is 0 Å². The molecule has 1 aliphatic rings. The van der Waals surface area contributed by atoms with Crippen molar-refractivity contribution in [3.63, 3.8) is 0 Å². The van der Waals surface area contributed by atoms with E-state index in [1.807, 2.05) is 6.92 Å². The normalized spacial score (nSPS) is 19.6. The monoisotopic (exact) mass is 426 g/mol. The number of alkyl halides is 3. The number of hydrogen-bond acceptors (Lipinski definition) is 5. The number of nitrogens with zero attached hydrogens (tertiary/aromatic N) is 4. The third kappa shape index (κ3) is 5.78. The molecule has 3 rings (SSSR count). The van der Waals surface area contributed by atoms with Crippen LogP contribution in [0.3, 0.4) is 0 Å². The topological polar surface area (TPSA) is 84.7 Å². The largest absolute Gasteiger partial charge is 0.417 e. The zero-order valence-corrected chi connectivity index (χ0v) is 15.9. The lowest BCUT2D eigenvalue weighted by molar-refractivity contribution is -0.137. The SMILES string of the molecule is CC1CC(NC(=O)c2cn(-c3ccc(C(F)(F)F)cn3)nn2)CCN1.Cl.Cl. The second-order valence-electron chi connectivity index (χ2n) is 6.00. The van der Waals surface area contributed by atoms with Gasteiger partial charge in [0.2, 0.25) is 0 Å². The Bertz CT molecular complexity index is 753. The molecule has 0 spiro atoms. The highest BCUT2D eigenvalue weighted by Crippen LogP contribution is 2.28. The van der Waals surface area contributed by atoms with Gasteiger partial charge in [-0.05, 0) is 38.4 Å². The molecular formula is C15H19Cl2F3N6O. The van der Waals surface area contributed by atoms with Crippen LogP contribution in [0.15, 0.2) is 24.5 Å². The quantitative estimate of drug-likeness (QED) is 0.786. The van der Waals surface area contributed by atoms with Crippen molar-refractivity contribution in [3.05, 3.63) is 35.8 Å². The van der Waals surface area contributed by atoms with Gasteiger partial charge in [0.25, 0.3) is 5.91 Å². The molecule has 2 aromatic rings. The Balaban J connectivity index is 0.00000182. The molecule has 0 bridgehead atoms. The summed E-state index contributed by atoms with van der Waals surface area (Å²) in [6, 6.07) is 2.46. The van der Waals surface area contributed by atoms with Crippen molar-refractivity contribution in [2.75, 3.05) is 6.54 Å². The van der Waals surface area contributed by atoms with E-state index in [4.69, 9.17) is 0 Å². The maximum absolute atomic E-state index is 12.5. The number of rotatable bonds is 3. The van der Waals surface area contributed by atoms with Crippen LogP contribution < -0.4 is 10.6 Å². The lowest BCUT2D eigenvalue weighted by Gasteiger charge is -2.28. The summed E-state index contributed by atoms with van der Waals surface area (Å²) in [5, 5.41) is 13.7. The maximum atomic E-state index is 12.5. The minimum atomic E-state index is -4.45. The van der Waals surface area contributed by atoms with E-state index >= 15 is 0 Å². The molecule has 1 fully saturated rings. The molecule has 150 valence electrons. The number of aromatic nitrogens is 4. The zero-order valence-electron chi connectivity index (χ0n) is 14.2. The van der Waals surface area contributed by atoms with Crippen LogP contribution in [0, 0.1) is 0 Å². The lowest BCUT2D eigenvalue weighted by atomic mass is 10.0. The fraction of sp³-hybridized carbons (Fsp3) is 0.467. The molecule has 2 unspecified atom stereocenters. The zero-order chi connectivity index (χ0) is 18.0. The first kappa shape index (κ1) is 23.1. The smallest absolute Gasteiger partial charge is 0.348 e. The van der Waals surface area contributed by atoms with Crippen LogP contribution in [-0.2, 0) is 6.18 Å². The van der Waals surface area contributed by atoms with Crippen molar-refractivity contribution >= 4 is 30.7 Å². The Labute approximate surface area is 165 Å². The molecule has 1 aliphatic heterocycles. The number of amides is 1. The average Bonchev–Trinajstić information content (AvgIpc) is 3.04. The Kier molecular flexibility index (Phi) is 8.00. The first-order valence-electron chi connectivity index (χ1n) is 7.83. The van der Waals surface area contributed by atoms with Crippen molar-refractivity contribution in [3.8, 4) is 5.82 Å². The number of halogens is 5. The van der Waals surface area contributed by atoms with E-state index in [0.717, 1.165) is 25.5 Å². The van der Waals surface area contributed by atoms with Gasteiger partial charge < -0.3 is 10.6 Å². The third-order valence-corrected chi connectivity index (χ3v) is 3.99. The highest BCUT2D eigenvalue weighted by molar-refractivity contribution is 5.92. The second kappa shape index (κ2) is 9.34. The molecule has 0 aromatic carbocycles. The average molecular weight is 427 g/mol. The molecule has 27 heavy (non-hydrogen) atoms. The number of carbonyl (C=O) groups is 1. The molecule has 2 N–H and O–H groups in total. The van der Waals surface area contributed by atoms with E-state index in [2.05, 4.69) is 25.9 Å². The Morgan fingerprint density at radius 3 is 2.67 bits per heavy atom. The molecule has 2 atom stereocenters. The molecule has 2 aromatic heterocycles. The summed E-state index contributed by atoms with van der Waals surface area (Å²) in [4.78, 5) is 15.9. The number of hydrogen-bond donors (Lipinski definition) is 2. The fourth-order valence-corrected chi connectivity index (χ4v) is 2.69. The van der Waals surface area contributed by atoms with Gasteiger partial charge in [0.05, 0.1) is 11.8 Å². The van der Waals surface area contributed by atoms with Crippen LogP contribution in [-0.4, -0.2) is 44.5 Å². The first-order chi connectivity index (χ1) is 11.8. The Morgan fingerprint density at radius 2 is 2.07 bits per heavy atom. The predicted molar refractivity (Wildman–Crippen MR) is 96.6 cm³/mol. The summed E-state index contributed by atoms with van der Waals surface area (Å²) >= 11 is 0. The number of nitrogens with one attached hydrogen (secondary N) is 2. The number of piperidine rings is 1. The third-order valence-electron chi connectivity index (χ3n) is 3.99. The van der Waals surface area contributed by atoms with Gasteiger partial charge in [-0.3, -0.25) is 4.79 Å². The van der Waals surface area contributed by atoms with Crippen molar-refractivity contribution < 1.29 is 18.0 Å². The molecule has 12 heteroatoms. The summed E-state index contributed by atoms with van der Waals surface area (Å²) in [6.45, 7) is 2.87. The highest BCUT2D eigenvalue weighted by atomic mass is 35.5. The molecule has 0 aliphatic carbocycles. The minimum absolute atomic E-state index is 0. The Morgan fingerprint density at radius 1 is 1.33 bits per heavy atom. The van der Waals surface area contributed by atoms with Gasteiger partial charge in [-0.25, -0.2) is 9.67 Å². The van der Waals surface area contributed by atoms with Crippen molar-refractivity contribution in [2.24, 2.45) is 0 Å². The molecular weight excluding hydrogens is 408 g/mol. The van der Waals surface area contributed by atoms with E-state index in [9.17, 15) is 18.0 Å². The second-order valence-corrected chi connectivity index (χ2v) is 6.00. The summed E-state index contributed by atoms with van der Waals surface area (Å²) in [5.74, 6) is -0.215. The van der Waals surface area contributed by atoms with Crippen molar-refractivity contribution in [2.45, 2.75) is 38.0 Å². The summed E-state index contributed by atoms with van der Waals surface area (Å²) in [6.07, 6.45) is -0.751. The fourth-order valence-electron chi connectivity index (χ4n) is 2.69. The lowest BCUT2D eigenvalue weighted by Crippen LogP contribution is -2.46. The van der Waals surface area contributed by atoms with Crippen LogP contribution >= 0.6 is 24.8 Å². The molecule has 7 nitrogen and oxygen atoms in total. The molecule has 1 saturated heterocycles. The van der Waals surface area contributed by atoms with Crippen molar-refractivity contribution in [1.29, 1.82) is 0 Å². The minimum Gasteiger partial charge on any atom is -0.348 e. The van der Waals surface area contributed by atoms with Crippen LogP contribution in [0.4, 0.5) is 13.2 Å². The predicted octanol–water partition coefficient (Wildman–Crippen LogP) is 2.40. The van der Waals surface area contributed by atoms with Crippen molar-refractivity contribution in [1.82, 2.24) is 30.6 Å². The summed E-state index contributed by atoms with van der Waals surface area (Å²) < 4.78 is 38.8. The van der Waals surface area contributed by atoms with Gasteiger partial charge in [0.15, 0.2) is 11.5 Å². The first-order valence-corrected chi connectivity index (χ1v) is 7.83. The standard InChI is InChI=1S/C15H17F3N6O.2ClH/c1-9-6-11(4-5-19-9)21-14(25)12-8-24(23-22-12)13-3-2-10(7-20-13)15(16,17)18;;/h2-3,7-9,11,19H,4-6H2,1H3,(H,21,25);2*1H. The van der Waals surface area contributed by atoms with Gasteiger partial charge >= 0.3 is 6.18 Å². The Hall–Kier alpha value is -1.91.